The molecule has 0 aliphatic heterocycles. The van der Waals surface area contributed by atoms with Crippen LogP contribution in [0.1, 0.15) is 77.6 Å². The molecule has 0 aromatic heterocycles. The monoisotopic (exact) mass is 352 g/mol. The van der Waals surface area contributed by atoms with E-state index in [0.717, 1.165) is 12.8 Å². The molecule has 3 N–H and O–H groups in total. The molecule has 1 unspecified atom stereocenters. The van der Waals surface area contributed by atoms with Crippen LogP contribution < -0.4 is 0 Å². The lowest BCUT2D eigenvalue weighted by Gasteiger charge is -2.35. The van der Waals surface area contributed by atoms with Crippen molar-refractivity contribution in [1.29, 1.82) is 0 Å². The van der Waals surface area contributed by atoms with E-state index < -0.39 is 12.9 Å². The molecule has 0 amide bonds. The first-order chi connectivity index (χ1) is 10.5. The van der Waals surface area contributed by atoms with Crippen LogP contribution in [0.25, 0.3) is 0 Å². The molecule has 6 heteroatoms. The molecule has 0 saturated carbocycles. The smallest absolute Gasteiger partial charge is 0.362 e. The third-order valence-electron chi connectivity index (χ3n) is 4.20. The molecule has 0 aromatic carbocycles. The maximum absolute atomic E-state index is 11.7. The SMILES string of the molecule is CCCCCCCCCCCCC(O)(C[N+](C)(C)C)P(=O)(O)O. The van der Waals surface area contributed by atoms with E-state index >= 15 is 0 Å². The third-order valence-corrected chi connectivity index (χ3v) is 5.65. The summed E-state index contributed by atoms with van der Waals surface area (Å²) in [5.41, 5.74) is 0. The Labute approximate surface area is 142 Å². The summed E-state index contributed by atoms with van der Waals surface area (Å²) in [5, 5.41) is 8.53. The van der Waals surface area contributed by atoms with Crippen LogP contribution >= 0.6 is 7.60 Å². The molecule has 0 aromatic rings. The number of rotatable bonds is 14. The molecular formula is C17H39NO4P+. The summed E-state index contributed by atoms with van der Waals surface area (Å²) < 4.78 is 12.0. The molecule has 5 nitrogen and oxygen atoms in total. The average molecular weight is 352 g/mol. The zero-order valence-corrected chi connectivity index (χ0v) is 16.5. The number of quaternary nitrogens is 1. The van der Waals surface area contributed by atoms with E-state index in [1.165, 1.54) is 44.9 Å². The molecule has 0 fully saturated rings. The fourth-order valence-electron chi connectivity index (χ4n) is 2.97. The lowest BCUT2D eigenvalue weighted by atomic mass is 10.0. The standard InChI is InChI=1S/C17H38NO4P/c1-5-6-7-8-9-10-11-12-13-14-15-17(19,23(20,21)22)16-18(2,3)4/h19H,5-16H2,1-4H3,(H-,20,21,22)/p+1. The van der Waals surface area contributed by atoms with Gasteiger partial charge in [0.25, 0.3) is 0 Å². The predicted molar refractivity (Wildman–Crippen MR) is 96.4 cm³/mol. The Bertz CT molecular complexity index is 351. The van der Waals surface area contributed by atoms with Crippen LogP contribution in [0, 0.1) is 0 Å². The molecule has 0 aliphatic rings. The van der Waals surface area contributed by atoms with Gasteiger partial charge in [0.2, 0.25) is 5.34 Å². The highest BCUT2D eigenvalue weighted by Crippen LogP contribution is 2.52. The Kier molecular flexibility index (Phi) is 10.9. The minimum Gasteiger partial charge on any atom is -0.373 e. The fraction of sp³-hybridized carbons (Fsp3) is 1.00. The highest BCUT2D eigenvalue weighted by Gasteiger charge is 2.48. The quantitative estimate of drug-likeness (QED) is 0.252. The number of nitrogens with zero attached hydrogens (tertiary/aromatic N) is 1. The first-order valence-electron chi connectivity index (χ1n) is 9.10. The van der Waals surface area contributed by atoms with Crippen LogP contribution in [-0.2, 0) is 4.57 Å². The first-order valence-corrected chi connectivity index (χ1v) is 10.7. The maximum Gasteiger partial charge on any atom is 0.362 e. The van der Waals surface area contributed by atoms with E-state index in [1.54, 1.807) is 0 Å². The van der Waals surface area contributed by atoms with Gasteiger partial charge in [-0.05, 0) is 12.8 Å². The summed E-state index contributed by atoms with van der Waals surface area (Å²) >= 11 is 0. The lowest BCUT2D eigenvalue weighted by Crippen LogP contribution is -2.49. The van der Waals surface area contributed by atoms with E-state index in [4.69, 9.17) is 0 Å². The van der Waals surface area contributed by atoms with Gasteiger partial charge in [0.05, 0.1) is 21.1 Å². The zero-order chi connectivity index (χ0) is 18.0. The molecule has 0 saturated heterocycles. The normalized spacial score (nSPS) is 15.6. The van der Waals surface area contributed by atoms with Gasteiger partial charge in [-0.2, -0.15) is 0 Å². The van der Waals surface area contributed by atoms with Crippen LogP contribution in [0.4, 0.5) is 0 Å². The van der Waals surface area contributed by atoms with Gasteiger partial charge in [-0.3, -0.25) is 4.57 Å². The Morgan fingerprint density at radius 2 is 1.22 bits per heavy atom. The van der Waals surface area contributed by atoms with Crippen molar-refractivity contribution in [3.63, 3.8) is 0 Å². The average Bonchev–Trinajstić information content (AvgIpc) is 2.37. The van der Waals surface area contributed by atoms with Gasteiger partial charge < -0.3 is 19.4 Å². The van der Waals surface area contributed by atoms with Crippen LogP contribution in [0.5, 0.6) is 0 Å². The van der Waals surface area contributed by atoms with E-state index in [1.807, 2.05) is 21.1 Å². The van der Waals surface area contributed by atoms with E-state index in [0.29, 0.717) is 10.9 Å². The molecule has 0 radical (unpaired) electrons. The lowest BCUT2D eigenvalue weighted by molar-refractivity contribution is -0.875. The number of likely N-dealkylation sites (N-methyl/N-ethyl adjacent to an activating group) is 1. The molecular weight excluding hydrogens is 313 g/mol. The van der Waals surface area contributed by atoms with Crippen molar-refractivity contribution in [2.75, 3.05) is 27.7 Å². The van der Waals surface area contributed by atoms with E-state index in [-0.39, 0.29) is 13.0 Å². The van der Waals surface area contributed by atoms with Crippen LogP contribution in [0.3, 0.4) is 0 Å². The largest absolute Gasteiger partial charge is 0.373 e. The molecule has 1 atom stereocenters. The molecule has 0 bridgehead atoms. The van der Waals surface area contributed by atoms with Crippen molar-refractivity contribution in [2.45, 2.75) is 82.9 Å². The van der Waals surface area contributed by atoms with Gasteiger partial charge in [0.15, 0.2) is 0 Å². The Morgan fingerprint density at radius 3 is 1.57 bits per heavy atom. The van der Waals surface area contributed by atoms with Gasteiger partial charge in [0.1, 0.15) is 6.54 Å². The van der Waals surface area contributed by atoms with Crippen LogP contribution in [0.15, 0.2) is 0 Å². The van der Waals surface area contributed by atoms with Crippen molar-refractivity contribution in [3.05, 3.63) is 0 Å². The van der Waals surface area contributed by atoms with Crippen molar-refractivity contribution >= 4 is 7.60 Å². The van der Waals surface area contributed by atoms with Gasteiger partial charge in [0, 0.05) is 0 Å². The summed E-state index contributed by atoms with van der Waals surface area (Å²) in [7, 11) is 0.976. The highest BCUT2D eigenvalue weighted by molar-refractivity contribution is 7.53. The van der Waals surface area contributed by atoms with Crippen molar-refractivity contribution in [2.24, 2.45) is 0 Å². The zero-order valence-electron chi connectivity index (χ0n) is 15.6. The third kappa shape index (κ3) is 11.3. The molecule has 0 rings (SSSR count). The second-order valence-electron chi connectivity index (χ2n) is 7.91. The van der Waals surface area contributed by atoms with Crippen LogP contribution in [-0.4, -0.2) is 52.4 Å². The number of hydrogen-bond acceptors (Lipinski definition) is 2. The van der Waals surface area contributed by atoms with E-state index in [2.05, 4.69) is 6.92 Å². The molecule has 0 aliphatic carbocycles. The first kappa shape index (κ1) is 23.1. The number of unbranched alkanes of at least 4 members (excludes halogenated alkanes) is 9. The van der Waals surface area contributed by atoms with Crippen LogP contribution in [0.2, 0.25) is 0 Å². The molecule has 0 spiro atoms. The summed E-state index contributed by atoms with van der Waals surface area (Å²) in [6.45, 7) is 2.28. The minimum atomic E-state index is -4.52. The van der Waals surface area contributed by atoms with Crippen molar-refractivity contribution in [1.82, 2.24) is 0 Å². The van der Waals surface area contributed by atoms with Crippen molar-refractivity contribution < 1.29 is 23.9 Å². The highest BCUT2D eigenvalue weighted by atomic mass is 31.2. The van der Waals surface area contributed by atoms with Gasteiger partial charge in [-0.15, -0.1) is 0 Å². The molecule has 0 heterocycles. The molecule has 23 heavy (non-hydrogen) atoms. The summed E-state index contributed by atoms with van der Waals surface area (Å²) in [6, 6.07) is 0. The minimum absolute atomic E-state index is 0.0642. The van der Waals surface area contributed by atoms with Gasteiger partial charge in [-0.1, -0.05) is 64.7 Å². The summed E-state index contributed by atoms with van der Waals surface area (Å²) in [5.74, 6) is 0. The summed E-state index contributed by atoms with van der Waals surface area (Å²) in [4.78, 5) is 19.0. The molecule has 140 valence electrons. The second-order valence-corrected chi connectivity index (χ2v) is 9.83. The summed E-state index contributed by atoms with van der Waals surface area (Å²) in [6.07, 6.45) is 11.8. The van der Waals surface area contributed by atoms with Gasteiger partial charge >= 0.3 is 7.60 Å². The predicted octanol–water partition coefficient (Wildman–Crippen LogP) is 3.87. The van der Waals surface area contributed by atoms with E-state index in [9.17, 15) is 19.5 Å². The number of aliphatic hydroxyl groups is 1. The Morgan fingerprint density at radius 1 is 0.826 bits per heavy atom. The Hall–Kier alpha value is 0.0700. The second kappa shape index (κ2) is 10.8. The Balaban J connectivity index is 3.96. The van der Waals surface area contributed by atoms with Gasteiger partial charge in [-0.25, -0.2) is 0 Å². The fourth-order valence-corrected chi connectivity index (χ4v) is 4.03. The number of hydrogen-bond donors (Lipinski definition) is 3. The maximum atomic E-state index is 11.7. The topological polar surface area (TPSA) is 77.8 Å². The van der Waals surface area contributed by atoms with Crippen molar-refractivity contribution in [3.8, 4) is 0 Å².